The number of hydrogen-bond acceptors (Lipinski definition) is 3. The molecule has 0 bridgehead atoms. The summed E-state index contributed by atoms with van der Waals surface area (Å²) in [6, 6.07) is 0. The Balaban J connectivity index is 4.14. The van der Waals surface area contributed by atoms with Crippen molar-refractivity contribution < 1.29 is 4.74 Å². The Morgan fingerprint density at radius 1 is 1.35 bits per heavy atom. The normalized spacial score (nSPS) is 12.4. The third-order valence-electron chi connectivity index (χ3n) is 2.88. The number of methoxy groups -OCH3 is 1. The Labute approximate surface area is 112 Å². The number of nitrogens with zero attached hydrogens (tertiary/aromatic N) is 1. The van der Waals surface area contributed by atoms with Crippen LogP contribution in [0.4, 0.5) is 0 Å². The van der Waals surface area contributed by atoms with Gasteiger partial charge in [-0.3, -0.25) is 0 Å². The second-order valence-electron chi connectivity index (χ2n) is 5.62. The predicted octanol–water partition coefficient (Wildman–Crippen LogP) is 2.44. The maximum Gasteiger partial charge on any atom is 0.0740 e. The summed E-state index contributed by atoms with van der Waals surface area (Å²) < 4.78 is 5.44. The lowest BCUT2D eigenvalue weighted by Gasteiger charge is -2.29. The fourth-order valence-electron chi connectivity index (χ4n) is 1.61. The Hall–Kier alpha value is -0.190. The van der Waals surface area contributed by atoms with Crippen LogP contribution < -0.4 is 5.73 Å². The molecule has 0 unspecified atom stereocenters. The van der Waals surface area contributed by atoms with Gasteiger partial charge in [0.25, 0.3) is 0 Å². The van der Waals surface area contributed by atoms with Crippen LogP contribution in [0.25, 0.3) is 0 Å². The smallest absolute Gasteiger partial charge is 0.0740 e. The Morgan fingerprint density at radius 3 is 2.35 bits per heavy atom. The van der Waals surface area contributed by atoms with Crippen LogP contribution in [-0.4, -0.2) is 42.2 Å². The zero-order valence-electron chi connectivity index (χ0n) is 12.0. The van der Waals surface area contributed by atoms with E-state index in [1.807, 2.05) is 0 Å². The summed E-state index contributed by atoms with van der Waals surface area (Å²) in [4.78, 5) is 3.02. The molecular formula is C13H28N2OS. The average molecular weight is 260 g/mol. The minimum absolute atomic E-state index is 0.0571. The first-order chi connectivity index (χ1) is 7.76. The summed E-state index contributed by atoms with van der Waals surface area (Å²) in [6.45, 7) is 11.8. The molecule has 0 saturated carbocycles. The topological polar surface area (TPSA) is 38.5 Å². The summed E-state index contributed by atoms with van der Waals surface area (Å²) in [5.74, 6) is 0.659. The molecule has 0 aliphatic rings. The van der Waals surface area contributed by atoms with Crippen molar-refractivity contribution in [1.82, 2.24) is 4.90 Å². The minimum atomic E-state index is -0.0571. The van der Waals surface area contributed by atoms with Gasteiger partial charge in [-0.1, -0.05) is 26.1 Å². The van der Waals surface area contributed by atoms with E-state index in [4.69, 9.17) is 22.7 Å². The maximum absolute atomic E-state index is 5.56. The van der Waals surface area contributed by atoms with Gasteiger partial charge >= 0.3 is 0 Å². The average Bonchev–Trinajstić information content (AvgIpc) is 2.21. The van der Waals surface area contributed by atoms with Crippen molar-refractivity contribution in [3.05, 3.63) is 0 Å². The van der Waals surface area contributed by atoms with Crippen LogP contribution in [0.15, 0.2) is 0 Å². The van der Waals surface area contributed by atoms with E-state index < -0.39 is 0 Å². The summed E-state index contributed by atoms with van der Waals surface area (Å²) >= 11 is 4.93. The molecule has 0 heterocycles. The molecule has 0 aromatic heterocycles. The highest BCUT2D eigenvalue weighted by Crippen LogP contribution is 2.14. The van der Waals surface area contributed by atoms with Gasteiger partial charge in [-0.15, -0.1) is 0 Å². The molecule has 2 N–H and O–H groups in total. The van der Waals surface area contributed by atoms with E-state index in [1.54, 1.807) is 7.11 Å². The van der Waals surface area contributed by atoms with Crippen molar-refractivity contribution in [1.29, 1.82) is 0 Å². The first kappa shape index (κ1) is 16.8. The van der Waals surface area contributed by atoms with Crippen LogP contribution >= 0.6 is 12.2 Å². The SMILES string of the molecule is COC(C)(C)CCN(CCC(N)=S)CC(C)C. The van der Waals surface area contributed by atoms with Crippen molar-refractivity contribution in [2.24, 2.45) is 11.7 Å². The van der Waals surface area contributed by atoms with Crippen LogP contribution in [0, 0.1) is 5.92 Å². The van der Waals surface area contributed by atoms with Crippen molar-refractivity contribution in [2.75, 3.05) is 26.7 Å². The fourth-order valence-corrected chi connectivity index (χ4v) is 1.70. The van der Waals surface area contributed by atoms with Crippen molar-refractivity contribution in [3.63, 3.8) is 0 Å². The van der Waals surface area contributed by atoms with E-state index in [-0.39, 0.29) is 5.60 Å². The summed E-state index contributed by atoms with van der Waals surface area (Å²) in [5.41, 5.74) is 5.50. The van der Waals surface area contributed by atoms with Gasteiger partial charge in [0.1, 0.15) is 0 Å². The predicted molar refractivity (Wildman–Crippen MR) is 78.4 cm³/mol. The molecular weight excluding hydrogens is 232 g/mol. The van der Waals surface area contributed by atoms with Gasteiger partial charge in [0.05, 0.1) is 10.6 Å². The first-order valence-corrected chi connectivity index (χ1v) is 6.73. The molecule has 0 amide bonds. The third kappa shape index (κ3) is 9.51. The molecule has 0 fully saturated rings. The van der Waals surface area contributed by atoms with Gasteiger partial charge < -0.3 is 15.4 Å². The van der Waals surface area contributed by atoms with E-state index >= 15 is 0 Å². The van der Waals surface area contributed by atoms with Crippen LogP contribution in [0.1, 0.15) is 40.5 Å². The van der Waals surface area contributed by atoms with Gasteiger partial charge in [-0.25, -0.2) is 0 Å². The van der Waals surface area contributed by atoms with E-state index in [1.165, 1.54) is 0 Å². The lowest BCUT2D eigenvalue weighted by atomic mass is 10.0. The molecule has 0 aliphatic heterocycles. The Kier molecular flexibility index (Phi) is 7.92. The molecule has 0 saturated heterocycles. The molecule has 0 aromatic rings. The quantitative estimate of drug-likeness (QED) is 0.646. The standard InChI is InChI=1S/C13H28N2OS/c1-11(2)10-15(8-6-12(14)17)9-7-13(3,4)16-5/h11H,6-10H2,1-5H3,(H2,14,17). The van der Waals surface area contributed by atoms with Gasteiger partial charge in [-0.05, 0) is 26.2 Å². The molecule has 102 valence electrons. The minimum Gasteiger partial charge on any atom is -0.393 e. The number of thiocarbonyl (C=S) groups is 1. The Morgan fingerprint density at radius 2 is 1.94 bits per heavy atom. The largest absolute Gasteiger partial charge is 0.393 e. The van der Waals surface area contributed by atoms with E-state index in [0.29, 0.717) is 10.9 Å². The lowest BCUT2D eigenvalue weighted by molar-refractivity contribution is 0.00684. The molecule has 0 aromatic carbocycles. The zero-order valence-corrected chi connectivity index (χ0v) is 12.8. The Bertz CT molecular complexity index is 229. The fraction of sp³-hybridized carbons (Fsp3) is 0.923. The molecule has 0 aliphatic carbocycles. The molecule has 0 radical (unpaired) electrons. The summed E-state index contributed by atoms with van der Waals surface area (Å²) in [7, 11) is 1.77. The first-order valence-electron chi connectivity index (χ1n) is 6.32. The molecule has 0 rings (SSSR count). The van der Waals surface area contributed by atoms with Crippen LogP contribution in [-0.2, 0) is 4.74 Å². The highest BCUT2D eigenvalue weighted by molar-refractivity contribution is 7.80. The second-order valence-corrected chi connectivity index (χ2v) is 6.15. The van der Waals surface area contributed by atoms with Gasteiger partial charge in [-0.2, -0.15) is 0 Å². The number of rotatable bonds is 9. The molecule has 0 spiro atoms. The molecule has 3 nitrogen and oxygen atoms in total. The summed E-state index contributed by atoms with van der Waals surface area (Å²) in [5, 5.41) is 0. The molecule has 17 heavy (non-hydrogen) atoms. The number of ether oxygens (including phenoxy) is 1. The highest BCUT2D eigenvalue weighted by atomic mass is 32.1. The van der Waals surface area contributed by atoms with Gasteiger partial charge in [0, 0.05) is 33.2 Å². The third-order valence-corrected chi connectivity index (χ3v) is 3.08. The van der Waals surface area contributed by atoms with Crippen molar-refractivity contribution in [2.45, 2.75) is 46.1 Å². The van der Waals surface area contributed by atoms with Crippen LogP contribution in [0.5, 0.6) is 0 Å². The van der Waals surface area contributed by atoms with Crippen LogP contribution in [0.2, 0.25) is 0 Å². The van der Waals surface area contributed by atoms with Crippen LogP contribution in [0.3, 0.4) is 0 Å². The summed E-state index contributed by atoms with van der Waals surface area (Å²) in [6.07, 6.45) is 1.82. The molecule has 0 atom stereocenters. The van der Waals surface area contributed by atoms with Crippen molar-refractivity contribution >= 4 is 17.2 Å². The monoisotopic (exact) mass is 260 g/mol. The zero-order chi connectivity index (χ0) is 13.5. The highest BCUT2D eigenvalue weighted by Gasteiger charge is 2.18. The maximum atomic E-state index is 5.56. The molecule has 4 heteroatoms. The van der Waals surface area contributed by atoms with E-state index in [0.717, 1.165) is 32.5 Å². The lowest BCUT2D eigenvalue weighted by Crippen LogP contribution is -2.36. The van der Waals surface area contributed by atoms with Crippen molar-refractivity contribution in [3.8, 4) is 0 Å². The van der Waals surface area contributed by atoms with E-state index in [2.05, 4.69) is 32.6 Å². The van der Waals surface area contributed by atoms with E-state index in [9.17, 15) is 0 Å². The van der Waals surface area contributed by atoms with Gasteiger partial charge in [0.2, 0.25) is 0 Å². The number of hydrogen-bond donors (Lipinski definition) is 1. The second kappa shape index (κ2) is 8.01. The van der Waals surface area contributed by atoms with Gasteiger partial charge in [0.15, 0.2) is 0 Å². The number of nitrogens with two attached hydrogens (primary N) is 1.